The van der Waals surface area contributed by atoms with Crippen molar-refractivity contribution in [2.45, 2.75) is 20.3 Å². The number of fused-ring (bicyclic) bond motifs is 1. The van der Waals surface area contributed by atoms with Crippen molar-refractivity contribution in [3.05, 3.63) is 46.0 Å². The van der Waals surface area contributed by atoms with Crippen molar-refractivity contribution in [1.82, 2.24) is 0 Å². The highest BCUT2D eigenvalue weighted by Gasteiger charge is 2.07. The van der Waals surface area contributed by atoms with E-state index in [1.54, 1.807) is 6.07 Å². The van der Waals surface area contributed by atoms with E-state index in [-0.39, 0.29) is 5.63 Å². The Hall–Kier alpha value is -1.57. The van der Waals surface area contributed by atoms with Crippen molar-refractivity contribution in [1.29, 1.82) is 0 Å². The van der Waals surface area contributed by atoms with Gasteiger partial charge in [-0.25, -0.2) is 4.79 Å². The number of rotatable bonds is 1. The van der Waals surface area contributed by atoms with E-state index in [2.05, 4.69) is 0 Å². The highest BCUT2D eigenvalue weighted by atomic mass is 16.4. The average Bonchev–Trinajstić information content (AvgIpc) is 2.23. The Kier molecular flexibility index (Phi) is 2.12. The van der Waals surface area contributed by atoms with Crippen molar-refractivity contribution in [3.63, 3.8) is 0 Å². The molecule has 0 N–H and O–H groups in total. The van der Waals surface area contributed by atoms with Gasteiger partial charge in [-0.05, 0) is 23.9 Å². The van der Waals surface area contributed by atoms with Gasteiger partial charge in [0.1, 0.15) is 5.76 Å². The molecule has 14 heavy (non-hydrogen) atoms. The zero-order valence-corrected chi connectivity index (χ0v) is 8.33. The van der Waals surface area contributed by atoms with Crippen LogP contribution in [0.4, 0.5) is 0 Å². The molecule has 0 fully saturated rings. The van der Waals surface area contributed by atoms with Crippen molar-refractivity contribution < 1.29 is 4.42 Å². The Morgan fingerprint density at radius 3 is 2.50 bits per heavy atom. The Morgan fingerprint density at radius 1 is 1.21 bits per heavy atom. The van der Waals surface area contributed by atoms with Crippen LogP contribution in [0, 0.1) is 6.92 Å². The number of hydrogen-bond acceptors (Lipinski definition) is 2. The summed E-state index contributed by atoms with van der Waals surface area (Å²) in [5, 5.41) is 1.67. The quantitative estimate of drug-likeness (QED) is 0.688. The van der Waals surface area contributed by atoms with Crippen LogP contribution in [-0.2, 0) is 6.42 Å². The van der Waals surface area contributed by atoms with Crippen LogP contribution in [0.1, 0.15) is 18.2 Å². The second-order valence-electron chi connectivity index (χ2n) is 3.34. The first-order valence-corrected chi connectivity index (χ1v) is 4.75. The predicted octanol–water partition coefficient (Wildman–Crippen LogP) is 2.66. The molecule has 1 aromatic heterocycles. The van der Waals surface area contributed by atoms with Gasteiger partial charge in [0, 0.05) is 6.42 Å². The highest BCUT2D eigenvalue weighted by Crippen LogP contribution is 2.18. The first-order chi connectivity index (χ1) is 6.74. The molecule has 0 radical (unpaired) electrons. The Morgan fingerprint density at radius 2 is 1.86 bits per heavy atom. The monoisotopic (exact) mass is 188 g/mol. The fourth-order valence-electron chi connectivity index (χ4n) is 1.72. The molecule has 0 aliphatic rings. The summed E-state index contributed by atoms with van der Waals surface area (Å²) in [5.41, 5.74) is 0.839. The van der Waals surface area contributed by atoms with Gasteiger partial charge in [-0.15, -0.1) is 0 Å². The van der Waals surface area contributed by atoms with Crippen LogP contribution in [0.2, 0.25) is 0 Å². The molecule has 0 bridgehead atoms. The standard InChI is InChI=1S/C12H12O2/c1-3-11-8(2)9-6-4-5-7-10(9)12(13)14-11/h4-7H,3H2,1-2H3. The van der Waals surface area contributed by atoms with E-state index in [1.165, 1.54) is 0 Å². The molecule has 0 aliphatic carbocycles. The summed E-state index contributed by atoms with van der Waals surface area (Å²) in [6.07, 6.45) is 0.756. The molecule has 2 nitrogen and oxygen atoms in total. The molecule has 0 saturated carbocycles. The molecule has 0 atom stereocenters. The fraction of sp³-hybridized carbons (Fsp3) is 0.250. The normalized spacial score (nSPS) is 10.7. The summed E-state index contributed by atoms with van der Waals surface area (Å²) in [6, 6.07) is 7.55. The summed E-state index contributed by atoms with van der Waals surface area (Å²) >= 11 is 0. The van der Waals surface area contributed by atoms with Gasteiger partial charge in [0.05, 0.1) is 5.39 Å². The third-order valence-corrected chi connectivity index (χ3v) is 2.51. The van der Waals surface area contributed by atoms with E-state index in [4.69, 9.17) is 4.42 Å². The van der Waals surface area contributed by atoms with Crippen LogP contribution >= 0.6 is 0 Å². The predicted molar refractivity (Wildman–Crippen MR) is 56.6 cm³/mol. The van der Waals surface area contributed by atoms with E-state index >= 15 is 0 Å². The van der Waals surface area contributed by atoms with Crippen molar-refractivity contribution in [2.24, 2.45) is 0 Å². The van der Waals surface area contributed by atoms with Gasteiger partial charge in [-0.3, -0.25) is 0 Å². The molecule has 0 spiro atoms. The van der Waals surface area contributed by atoms with Crippen molar-refractivity contribution in [3.8, 4) is 0 Å². The molecule has 2 heteroatoms. The van der Waals surface area contributed by atoms with Crippen LogP contribution in [0.25, 0.3) is 10.8 Å². The summed E-state index contributed by atoms with van der Waals surface area (Å²) in [6.45, 7) is 3.98. The minimum Gasteiger partial charge on any atom is -0.427 e. The van der Waals surface area contributed by atoms with E-state index < -0.39 is 0 Å². The molecular formula is C12H12O2. The lowest BCUT2D eigenvalue weighted by Gasteiger charge is -2.04. The molecule has 1 heterocycles. The Labute approximate surface area is 82.2 Å². The van der Waals surface area contributed by atoms with E-state index in [0.717, 1.165) is 23.1 Å². The summed E-state index contributed by atoms with van der Waals surface area (Å²) < 4.78 is 5.21. The molecule has 72 valence electrons. The maximum Gasteiger partial charge on any atom is 0.343 e. The molecule has 2 rings (SSSR count). The van der Waals surface area contributed by atoms with Crippen LogP contribution in [0.15, 0.2) is 33.5 Å². The fourth-order valence-corrected chi connectivity index (χ4v) is 1.72. The van der Waals surface area contributed by atoms with Crippen LogP contribution < -0.4 is 5.63 Å². The smallest absolute Gasteiger partial charge is 0.343 e. The first-order valence-electron chi connectivity index (χ1n) is 4.75. The van der Waals surface area contributed by atoms with Gasteiger partial charge in [-0.2, -0.15) is 0 Å². The SMILES string of the molecule is CCc1oc(=O)c2ccccc2c1C. The average molecular weight is 188 g/mol. The molecule has 2 aromatic rings. The zero-order chi connectivity index (χ0) is 10.1. The lowest BCUT2D eigenvalue weighted by molar-refractivity contribution is 0.468. The second kappa shape index (κ2) is 3.29. The second-order valence-corrected chi connectivity index (χ2v) is 3.34. The van der Waals surface area contributed by atoms with Gasteiger partial charge < -0.3 is 4.42 Å². The van der Waals surface area contributed by atoms with Crippen molar-refractivity contribution >= 4 is 10.8 Å². The lowest BCUT2D eigenvalue weighted by Crippen LogP contribution is -2.04. The number of aryl methyl sites for hydroxylation is 2. The summed E-state index contributed by atoms with van der Waals surface area (Å²) in [4.78, 5) is 11.5. The van der Waals surface area contributed by atoms with Gasteiger partial charge in [0.25, 0.3) is 0 Å². The van der Waals surface area contributed by atoms with E-state index in [9.17, 15) is 4.79 Å². The maximum absolute atomic E-state index is 11.5. The maximum atomic E-state index is 11.5. The molecular weight excluding hydrogens is 176 g/mol. The van der Waals surface area contributed by atoms with Gasteiger partial charge >= 0.3 is 5.63 Å². The van der Waals surface area contributed by atoms with Gasteiger partial charge in [0.15, 0.2) is 0 Å². The van der Waals surface area contributed by atoms with Gasteiger partial charge in [0.2, 0.25) is 0 Å². The summed E-state index contributed by atoms with van der Waals surface area (Å²) in [7, 11) is 0. The largest absolute Gasteiger partial charge is 0.427 e. The zero-order valence-electron chi connectivity index (χ0n) is 8.33. The molecule has 1 aromatic carbocycles. The minimum atomic E-state index is -0.233. The third-order valence-electron chi connectivity index (χ3n) is 2.51. The number of hydrogen-bond donors (Lipinski definition) is 0. The Bertz CT molecular complexity index is 523. The third kappa shape index (κ3) is 1.23. The van der Waals surface area contributed by atoms with Crippen LogP contribution in [-0.4, -0.2) is 0 Å². The molecule has 0 amide bonds. The molecule has 0 aliphatic heterocycles. The minimum absolute atomic E-state index is 0.233. The van der Waals surface area contributed by atoms with Gasteiger partial charge in [-0.1, -0.05) is 25.1 Å². The van der Waals surface area contributed by atoms with E-state index in [1.807, 2.05) is 32.0 Å². The lowest BCUT2D eigenvalue weighted by atomic mass is 10.1. The molecule has 0 unspecified atom stereocenters. The first kappa shape index (κ1) is 9.00. The molecule has 0 saturated heterocycles. The van der Waals surface area contributed by atoms with Crippen LogP contribution in [0.5, 0.6) is 0 Å². The Balaban J connectivity index is 2.95. The van der Waals surface area contributed by atoms with E-state index in [0.29, 0.717) is 5.39 Å². The van der Waals surface area contributed by atoms with Crippen LogP contribution in [0.3, 0.4) is 0 Å². The topological polar surface area (TPSA) is 30.2 Å². The number of benzene rings is 1. The highest BCUT2D eigenvalue weighted by molar-refractivity contribution is 5.84. The summed E-state index contributed by atoms with van der Waals surface area (Å²) in [5.74, 6) is 0.786. The van der Waals surface area contributed by atoms with Crippen molar-refractivity contribution in [2.75, 3.05) is 0 Å².